The van der Waals surface area contributed by atoms with E-state index in [1.54, 1.807) is 0 Å². The highest BCUT2D eigenvalue weighted by molar-refractivity contribution is 5.50. The number of hydrogen-bond acceptors (Lipinski definition) is 3. The van der Waals surface area contributed by atoms with Gasteiger partial charge in [-0.15, -0.1) is 0 Å². The summed E-state index contributed by atoms with van der Waals surface area (Å²) in [5, 5.41) is 0. The van der Waals surface area contributed by atoms with Gasteiger partial charge in [0.1, 0.15) is 35.6 Å². The van der Waals surface area contributed by atoms with E-state index in [1.165, 1.54) is 22.3 Å². The Labute approximate surface area is 483 Å². The zero-order valence-electron chi connectivity index (χ0n) is 45.7. The number of hydrogen-bond donors (Lipinski definition) is 0. The first-order valence-electron chi connectivity index (χ1n) is 28.4. The predicted molar refractivity (Wildman–Crippen MR) is 334 cm³/mol. The average molecular weight is 1060 g/mol. The molecule has 1 atom stereocenters. The normalized spacial score (nSPS) is 11.7. The van der Waals surface area contributed by atoms with E-state index in [2.05, 4.69) is 303 Å². The Kier molecular flexibility index (Phi) is 16.6. The first-order chi connectivity index (χ1) is 40.7. The lowest BCUT2D eigenvalue weighted by Crippen LogP contribution is -2.16. The van der Waals surface area contributed by atoms with E-state index >= 15 is 0 Å². The van der Waals surface area contributed by atoms with Crippen LogP contribution in [0.4, 0.5) is 0 Å². The molecule has 0 amide bonds. The topological polar surface area (TPSA) is 27.7 Å². The van der Waals surface area contributed by atoms with Crippen LogP contribution in [0.15, 0.2) is 340 Å². The van der Waals surface area contributed by atoms with Gasteiger partial charge < -0.3 is 14.2 Å². The summed E-state index contributed by atoms with van der Waals surface area (Å²) in [5.74, 6) is 2.28. The minimum Gasteiger partial charge on any atom is -0.481 e. The first kappa shape index (κ1) is 52.7. The van der Waals surface area contributed by atoms with Gasteiger partial charge in [-0.1, -0.05) is 303 Å². The molecule has 3 heteroatoms. The van der Waals surface area contributed by atoms with Crippen molar-refractivity contribution in [2.45, 2.75) is 42.5 Å². The second kappa shape index (κ2) is 25.9. The Balaban J connectivity index is 0.955. The number of ether oxygens (including phenoxy) is 3. The van der Waals surface area contributed by atoms with Crippen molar-refractivity contribution in [3.8, 4) is 17.2 Å². The predicted octanol–water partition coefficient (Wildman–Crippen LogP) is 19.5. The molecule has 82 heavy (non-hydrogen) atoms. The van der Waals surface area contributed by atoms with Gasteiger partial charge in [-0.05, 0) is 115 Å². The number of benzene rings is 12. The summed E-state index contributed by atoms with van der Waals surface area (Å²) < 4.78 is 20.9. The summed E-state index contributed by atoms with van der Waals surface area (Å²) in [6.07, 6.45) is 0.00594. The van der Waals surface area contributed by atoms with E-state index < -0.39 is 0 Å². The third kappa shape index (κ3) is 12.7. The van der Waals surface area contributed by atoms with E-state index in [1.807, 2.05) is 36.4 Å². The van der Waals surface area contributed by atoms with Gasteiger partial charge in [0.25, 0.3) is 0 Å². The van der Waals surface area contributed by atoms with Crippen molar-refractivity contribution in [3.05, 3.63) is 412 Å². The molecule has 12 rings (SSSR count). The average Bonchev–Trinajstić information content (AvgIpc) is 3.63. The molecule has 0 N–H and O–H groups in total. The van der Waals surface area contributed by atoms with Gasteiger partial charge in [0.05, 0.1) is 0 Å². The fourth-order valence-corrected chi connectivity index (χ4v) is 11.5. The van der Waals surface area contributed by atoms with Crippen LogP contribution in [0.25, 0.3) is 0 Å². The SMILES string of the molecule is c1ccc(C(Cc2ccc(C(c3ccc(OC(c4ccccc4)c4ccccc4)cc3)C(c3ccc(OC(c4ccccc4)c4ccccc4)cc3)c3ccc(OC(c4ccccc4)c4ccccc4)cc3)cc2)c2ccccc2)cc1. The molecule has 0 bridgehead atoms. The third-order valence-corrected chi connectivity index (χ3v) is 15.6. The minimum atomic E-state index is -0.286. The van der Waals surface area contributed by atoms with E-state index in [0.717, 1.165) is 73.7 Å². The van der Waals surface area contributed by atoms with E-state index in [0.29, 0.717) is 0 Å². The van der Waals surface area contributed by atoms with Gasteiger partial charge in [0.15, 0.2) is 0 Å². The molecule has 0 aliphatic carbocycles. The van der Waals surface area contributed by atoms with Crippen LogP contribution in [0.2, 0.25) is 0 Å². The Bertz CT molecular complexity index is 3130. The summed E-state index contributed by atoms with van der Waals surface area (Å²) in [5.41, 5.74) is 15.1. The van der Waals surface area contributed by atoms with Crippen molar-refractivity contribution < 1.29 is 14.2 Å². The molecule has 1 unspecified atom stereocenters. The molecule has 0 radical (unpaired) electrons. The van der Waals surface area contributed by atoms with Gasteiger partial charge in [-0.3, -0.25) is 0 Å². The third-order valence-electron chi connectivity index (χ3n) is 15.6. The van der Waals surface area contributed by atoms with Crippen LogP contribution in [0, 0.1) is 0 Å². The standard InChI is InChI=1S/C79H64O3/c1-9-25-59(26-10-1)74(60-27-11-2-12-28-60)57-58-41-43-61(44-42-58)75(62-45-51-71(52-46-62)80-77(65-29-13-3-14-30-65)66-31-15-4-16-32-66)76(63-47-53-72(54-48-63)81-78(67-33-17-5-18-34-67)68-35-19-6-20-36-68)64-49-55-73(56-50-64)82-79(69-37-21-7-22-38-69)70-39-23-8-24-40-70/h1-56,74-79H,57H2. The van der Waals surface area contributed by atoms with Crippen molar-refractivity contribution in [1.82, 2.24) is 0 Å². The molecule has 0 saturated heterocycles. The van der Waals surface area contributed by atoms with Crippen LogP contribution in [-0.2, 0) is 6.42 Å². The van der Waals surface area contributed by atoms with Gasteiger partial charge in [-0.25, -0.2) is 0 Å². The highest BCUT2D eigenvalue weighted by atomic mass is 16.5. The number of rotatable bonds is 21. The quantitative estimate of drug-likeness (QED) is 0.0718. The molecule has 3 nitrogen and oxygen atoms in total. The molecular weight excluding hydrogens is 997 g/mol. The van der Waals surface area contributed by atoms with Gasteiger partial charge in [0, 0.05) is 17.8 Å². The molecule has 0 fully saturated rings. The van der Waals surface area contributed by atoms with Crippen LogP contribution in [-0.4, -0.2) is 0 Å². The first-order valence-corrected chi connectivity index (χ1v) is 28.4. The molecule has 0 heterocycles. The van der Waals surface area contributed by atoms with E-state index in [-0.39, 0.29) is 36.1 Å². The van der Waals surface area contributed by atoms with Crippen molar-refractivity contribution in [2.75, 3.05) is 0 Å². The lowest BCUT2D eigenvalue weighted by atomic mass is 9.73. The highest BCUT2D eigenvalue weighted by Gasteiger charge is 2.30. The molecule has 0 saturated carbocycles. The lowest BCUT2D eigenvalue weighted by molar-refractivity contribution is 0.247. The molecule has 0 aliphatic heterocycles. The maximum Gasteiger partial charge on any atom is 0.149 e. The fraction of sp³-hybridized carbons (Fsp3) is 0.0886. The molecule has 0 aliphatic rings. The summed E-state index contributed by atoms with van der Waals surface area (Å²) in [6.45, 7) is 0. The maximum absolute atomic E-state index is 6.97. The van der Waals surface area contributed by atoms with Crippen molar-refractivity contribution in [1.29, 1.82) is 0 Å². The molecular formula is C79H64O3. The summed E-state index contributed by atoms with van der Waals surface area (Å²) in [6, 6.07) is 120. The lowest BCUT2D eigenvalue weighted by Gasteiger charge is -2.31. The van der Waals surface area contributed by atoms with E-state index in [9.17, 15) is 0 Å². The van der Waals surface area contributed by atoms with Crippen LogP contribution >= 0.6 is 0 Å². The van der Waals surface area contributed by atoms with Crippen molar-refractivity contribution >= 4 is 0 Å². The second-order valence-electron chi connectivity index (χ2n) is 20.9. The van der Waals surface area contributed by atoms with E-state index in [4.69, 9.17) is 14.2 Å². The van der Waals surface area contributed by atoms with Gasteiger partial charge in [-0.2, -0.15) is 0 Å². The highest BCUT2D eigenvalue weighted by Crippen LogP contribution is 2.46. The van der Waals surface area contributed by atoms with Crippen molar-refractivity contribution in [3.63, 3.8) is 0 Å². The zero-order chi connectivity index (χ0) is 55.1. The van der Waals surface area contributed by atoms with Crippen LogP contribution in [0.1, 0.15) is 108 Å². The fourth-order valence-electron chi connectivity index (χ4n) is 11.5. The molecule has 0 spiro atoms. The molecule has 0 aromatic heterocycles. The Hall–Kier alpha value is -9.96. The summed E-state index contributed by atoms with van der Waals surface area (Å²) in [7, 11) is 0. The van der Waals surface area contributed by atoms with Crippen LogP contribution in [0.3, 0.4) is 0 Å². The van der Waals surface area contributed by atoms with Crippen LogP contribution in [0.5, 0.6) is 17.2 Å². The molecule has 12 aromatic carbocycles. The van der Waals surface area contributed by atoms with Gasteiger partial charge >= 0.3 is 0 Å². The molecule has 398 valence electrons. The smallest absolute Gasteiger partial charge is 0.149 e. The Morgan fingerprint density at radius 1 is 0.183 bits per heavy atom. The second-order valence-corrected chi connectivity index (χ2v) is 20.9. The van der Waals surface area contributed by atoms with Gasteiger partial charge in [0.2, 0.25) is 0 Å². The zero-order valence-corrected chi connectivity index (χ0v) is 45.7. The van der Waals surface area contributed by atoms with Crippen LogP contribution < -0.4 is 14.2 Å². The minimum absolute atomic E-state index is 0.137. The largest absolute Gasteiger partial charge is 0.481 e. The summed E-state index contributed by atoms with van der Waals surface area (Å²) >= 11 is 0. The summed E-state index contributed by atoms with van der Waals surface area (Å²) in [4.78, 5) is 0. The molecule has 12 aromatic rings. The monoisotopic (exact) mass is 1060 g/mol. The Morgan fingerprint density at radius 3 is 0.598 bits per heavy atom. The van der Waals surface area contributed by atoms with Crippen molar-refractivity contribution in [2.24, 2.45) is 0 Å². The Morgan fingerprint density at radius 2 is 0.378 bits per heavy atom. The maximum atomic E-state index is 6.97.